The first-order chi connectivity index (χ1) is 10.9. The van der Waals surface area contributed by atoms with E-state index in [9.17, 15) is 14.4 Å². The lowest BCUT2D eigenvalue weighted by Gasteiger charge is -2.14. The van der Waals surface area contributed by atoms with Crippen molar-refractivity contribution >= 4 is 17.0 Å². The fourth-order valence-electron chi connectivity index (χ4n) is 2.33. The molecule has 0 unspecified atom stereocenters. The quantitative estimate of drug-likeness (QED) is 0.739. The average molecular weight is 321 g/mol. The van der Waals surface area contributed by atoms with Crippen LogP contribution in [0.2, 0.25) is 0 Å². The molecule has 8 nitrogen and oxygen atoms in total. The normalized spacial score (nSPS) is 10.8. The Balaban J connectivity index is 2.80. The van der Waals surface area contributed by atoms with E-state index in [1.807, 2.05) is 0 Å². The maximum Gasteiger partial charge on any atom is 0.332 e. The van der Waals surface area contributed by atoms with Crippen LogP contribution in [-0.2, 0) is 23.1 Å². The first-order valence-electron chi connectivity index (χ1n) is 7.29. The number of hydrogen-bond donors (Lipinski definition) is 0. The molecule has 0 saturated heterocycles. The van der Waals surface area contributed by atoms with Gasteiger partial charge in [-0.1, -0.05) is 0 Å². The van der Waals surface area contributed by atoms with Crippen LogP contribution in [0.1, 0.15) is 19.4 Å². The van der Waals surface area contributed by atoms with E-state index >= 15 is 0 Å². The summed E-state index contributed by atoms with van der Waals surface area (Å²) >= 11 is 0. The Bertz CT molecular complexity index is 866. The molecule has 8 heteroatoms. The number of ether oxygens (including phenoxy) is 2. The lowest BCUT2D eigenvalue weighted by molar-refractivity contribution is -0.143. The maximum atomic E-state index is 12.7. The van der Waals surface area contributed by atoms with E-state index < -0.39 is 23.8 Å². The highest BCUT2D eigenvalue weighted by molar-refractivity contribution is 5.82. The molecule has 2 aromatic heterocycles. The third-order valence-corrected chi connectivity index (χ3v) is 3.37. The Labute approximate surface area is 132 Å². The van der Waals surface area contributed by atoms with Crippen LogP contribution in [0, 0.1) is 6.92 Å². The first kappa shape index (κ1) is 16.7. The number of aromatic nitrogens is 3. The highest BCUT2D eigenvalue weighted by atomic mass is 16.5. The van der Waals surface area contributed by atoms with Gasteiger partial charge in [-0.3, -0.25) is 14.2 Å². The molecule has 0 fully saturated rings. The number of carbonyl (C=O) groups is 1. The van der Waals surface area contributed by atoms with Crippen molar-refractivity contribution in [2.45, 2.75) is 27.3 Å². The Hall–Kier alpha value is -2.64. The van der Waals surface area contributed by atoms with Gasteiger partial charge in [-0.2, -0.15) is 0 Å². The molecule has 0 spiro atoms. The van der Waals surface area contributed by atoms with E-state index in [4.69, 9.17) is 9.47 Å². The summed E-state index contributed by atoms with van der Waals surface area (Å²) in [4.78, 5) is 40.9. The zero-order valence-electron chi connectivity index (χ0n) is 13.6. The van der Waals surface area contributed by atoms with Gasteiger partial charge in [-0.05, 0) is 20.8 Å². The van der Waals surface area contributed by atoms with Crippen LogP contribution in [0.25, 0.3) is 11.0 Å². The first-order valence-corrected chi connectivity index (χ1v) is 7.29. The number of fused-ring (bicyclic) bond motifs is 1. The number of nitrogens with zero attached hydrogens (tertiary/aromatic N) is 3. The monoisotopic (exact) mass is 321 g/mol. The fraction of sp³-hybridized carbons (Fsp3) is 0.467. The van der Waals surface area contributed by atoms with Crippen molar-refractivity contribution in [2.75, 3.05) is 13.2 Å². The van der Waals surface area contributed by atoms with Crippen molar-refractivity contribution < 1.29 is 14.3 Å². The molecule has 2 aromatic rings. The molecule has 2 rings (SSSR count). The second kappa shape index (κ2) is 6.64. The molecule has 0 radical (unpaired) electrons. The molecular weight excluding hydrogens is 302 g/mol. The lowest BCUT2D eigenvalue weighted by Crippen LogP contribution is -2.41. The van der Waals surface area contributed by atoms with E-state index in [1.165, 1.54) is 11.6 Å². The fourth-order valence-corrected chi connectivity index (χ4v) is 2.33. The summed E-state index contributed by atoms with van der Waals surface area (Å²) in [5, 5.41) is 0.179. The van der Waals surface area contributed by atoms with Crippen LogP contribution >= 0.6 is 0 Å². The molecule has 0 N–H and O–H groups in total. The summed E-state index contributed by atoms with van der Waals surface area (Å²) in [6, 6.07) is 0. The van der Waals surface area contributed by atoms with Gasteiger partial charge < -0.3 is 9.47 Å². The van der Waals surface area contributed by atoms with Gasteiger partial charge in [-0.15, -0.1) is 0 Å². The second-order valence-corrected chi connectivity index (χ2v) is 4.94. The summed E-state index contributed by atoms with van der Waals surface area (Å²) in [6.45, 7) is 5.30. The number of aryl methyl sites for hydroxylation is 2. The van der Waals surface area contributed by atoms with E-state index in [1.54, 1.807) is 27.0 Å². The van der Waals surface area contributed by atoms with E-state index in [-0.39, 0.29) is 17.6 Å². The third kappa shape index (κ3) is 2.96. The summed E-state index contributed by atoms with van der Waals surface area (Å²) in [6.07, 6.45) is 1.54. The molecule has 0 aliphatic heterocycles. The number of pyridine rings is 1. The maximum absolute atomic E-state index is 12.7. The molecule has 23 heavy (non-hydrogen) atoms. The van der Waals surface area contributed by atoms with Gasteiger partial charge in [0.1, 0.15) is 17.7 Å². The average Bonchev–Trinajstić information content (AvgIpc) is 2.51. The minimum atomic E-state index is -0.648. The standard InChI is InChI=1S/C15H19N3O5/c1-5-22-10(19)8-18-14(20)11-12(23-6-2)9(3)7-16-13(11)17(4)15(18)21/h7H,5-6,8H2,1-4H3. The SMILES string of the molecule is CCOC(=O)Cn1c(=O)c2c(OCC)c(C)cnc2n(C)c1=O. The molecule has 124 valence electrons. The Morgan fingerprint density at radius 2 is 1.96 bits per heavy atom. The molecule has 0 aromatic carbocycles. The topological polar surface area (TPSA) is 92.4 Å². The zero-order chi connectivity index (χ0) is 17.1. The molecular formula is C15H19N3O5. The zero-order valence-corrected chi connectivity index (χ0v) is 13.6. The molecule has 0 atom stereocenters. The Kier molecular flexibility index (Phi) is 4.83. The molecule has 0 bridgehead atoms. The van der Waals surface area contributed by atoms with Crippen molar-refractivity contribution in [2.24, 2.45) is 7.05 Å². The van der Waals surface area contributed by atoms with E-state index in [2.05, 4.69) is 4.98 Å². The van der Waals surface area contributed by atoms with Crippen LogP contribution in [0.15, 0.2) is 15.8 Å². The molecule has 0 amide bonds. The molecule has 0 aliphatic carbocycles. The predicted octanol–water partition coefficient (Wildman–Crippen LogP) is 0.365. The van der Waals surface area contributed by atoms with Crippen molar-refractivity contribution in [3.8, 4) is 5.75 Å². The number of rotatable bonds is 5. The van der Waals surface area contributed by atoms with Gasteiger partial charge in [0.15, 0.2) is 5.65 Å². The van der Waals surface area contributed by atoms with Crippen molar-refractivity contribution in [1.29, 1.82) is 0 Å². The van der Waals surface area contributed by atoms with Crippen molar-refractivity contribution in [3.63, 3.8) is 0 Å². The highest BCUT2D eigenvalue weighted by Crippen LogP contribution is 2.24. The second-order valence-electron chi connectivity index (χ2n) is 4.94. The van der Waals surface area contributed by atoms with Gasteiger partial charge in [0.25, 0.3) is 5.56 Å². The smallest absolute Gasteiger partial charge is 0.332 e. The van der Waals surface area contributed by atoms with Gasteiger partial charge in [-0.25, -0.2) is 14.3 Å². The van der Waals surface area contributed by atoms with Crippen LogP contribution < -0.4 is 16.0 Å². The largest absolute Gasteiger partial charge is 0.493 e. The third-order valence-electron chi connectivity index (χ3n) is 3.37. The van der Waals surface area contributed by atoms with E-state index in [0.717, 1.165) is 4.57 Å². The van der Waals surface area contributed by atoms with Gasteiger partial charge >= 0.3 is 11.7 Å². The minimum Gasteiger partial charge on any atom is -0.493 e. The molecule has 0 saturated carbocycles. The van der Waals surface area contributed by atoms with Crippen LogP contribution in [0.4, 0.5) is 0 Å². The summed E-state index contributed by atoms with van der Waals surface area (Å²) in [5.74, 6) is -0.277. The molecule has 2 heterocycles. The van der Waals surface area contributed by atoms with E-state index in [0.29, 0.717) is 17.9 Å². The van der Waals surface area contributed by atoms with Crippen LogP contribution in [-0.4, -0.2) is 33.3 Å². The Morgan fingerprint density at radius 3 is 2.57 bits per heavy atom. The predicted molar refractivity (Wildman–Crippen MR) is 83.8 cm³/mol. The highest BCUT2D eigenvalue weighted by Gasteiger charge is 2.19. The lowest BCUT2D eigenvalue weighted by atomic mass is 10.2. The summed E-state index contributed by atoms with van der Waals surface area (Å²) in [5.41, 5.74) is -0.350. The number of carbonyl (C=O) groups excluding carboxylic acids is 1. The van der Waals surface area contributed by atoms with Crippen molar-refractivity contribution in [1.82, 2.24) is 14.1 Å². The Morgan fingerprint density at radius 1 is 1.26 bits per heavy atom. The molecule has 0 aliphatic rings. The van der Waals surface area contributed by atoms with Gasteiger partial charge in [0, 0.05) is 18.8 Å². The van der Waals surface area contributed by atoms with Gasteiger partial charge in [0.05, 0.1) is 13.2 Å². The minimum absolute atomic E-state index is 0.173. The number of hydrogen-bond acceptors (Lipinski definition) is 6. The number of esters is 1. The van der Waals surface area contributed by atoms with Gasteiger partial charge in [0.2, 0.25) is 0 Å². The van der Waals surface area contributed by atoms with Crippen LogP contribution in [0.3, 0.4) is 0 Å². The summed E-state index contributed by atoms with van der Waals surface area (Å²) in [7, 11) is 1.49. The van der Waals surface area contributed by atoms with Crippen molar-refractivity contribution in [3.05, 3.63) is 32.6 Å². The summed E-state index contributed by atoms with van der Waals surface area (Å²) < 4.78 is 12.4. The van der Waals surface area contributed by atoms with Crippen LogP contribution in [0.5, 0.6) is 5.75 Å².